The van der Waals surface area contributed by atoms with Gasteiger partial charge in [0.05, 0.1) is 5.75 Å². The SMILES string of the molecule is O=C(CSC1=Cc2ccccc2C1)Nc1ccccc1. The van der Waals surface area contributed by atoms with E-state index in [0.29, 0.717) is 5.75 Å². The van der Waals surface area contributed by atoms with Crippen molar-refractivity contribution in [1.29, 1.82) is 0 Å². The Hall–Kier alpha value is -2.00. The Morgan fingerprint density at radius 1 is 1.05 bits per heavy atom. The van der Waals surface area contributed by atoms with Crippen molar-refractivity contribution in [3.63, 3.8) is 0 Å². The molecular weight excluding hydrogens is 266 g/mol. The Kier molecular flexibility index (Phi) is 3.88. The molecule has 0 atom stereocenters. The molecule has 0 saturated carbocycles. The van der Waals surface area contributed by atoms with Crippen LogP contribution in [-0.4, -0.2) is 11.7 Å². The van der Waals surface area contributed by atoms with Crippen LogP contribution in [0, 0.1) is 0 Å². The molecule has 0 heterocycles. The van der Waals surface area contributed by atoms with Crippen molar-refractivity contribution >= 4 is 29.4 Å². The maximum atomic E-state index is 11.9. The fourth-order valence-electron chi connectivity index (χ4n) is 2.22. The van der Waals surface area contributed by atoms with Gasteiger partial charge in [-0.05, 0) is 34.2 Å². The van der Waals surface area contributed by atoms with Gasteiger partial charge in [-0.15, -0.1) is 11.8 Å². The van der Waals surface area contributed by atoms with Gasteiger partial charge in [-0.25, -0.2) is 0 Å². The number of benzene rings is 2. The monoisotopic (exact) mass is 281 g/mol. The quantitative estimate of drug-likeness (QED) is 0.919. The van der Waals surface area contributed by atoms with E-state index in [1.54, 1.807) is 11.8 Å². The highest BCUT2D eigenvalue weighted by Crippen LogP contribution is 2.31. The first-order valence-corrected chi connectivity index (χ1v) is 7.56. The lowest BCUT2D eigenvalue weighted by Gasteiger charge is -2.05. The van der Waals surface area contributed by atoms with Gasteiger partial charge in [-0.1, -0.05) is 42.5 Å². The fourth-order valence-corrected chi connectivity index (χ4v) is 3.07. The van der Waals surface area contributed by atoms with E-state index in [0.717, 1.165) is 12.1 Å². The molecular formula is C17H15NOS. The average Bonchev–Trinajstić information content (AvgIpc) is 2.89. The summed E-state index contributed by atoms with van der Waals surface area (Å²) in [6.07, 6.45) is 3.12. The van der Waals surface area contributed by atoms with Crippen LogP contribution in [0.15, 0.2) is 59.5 Å². The van der Waals surface area contributed by atoms with Crippen molar-refractivity contribution in [3.8, 4) is 0 Å². The molecule has 2 aromatic rings. The molecule has 100 valence electrons. The standard InChI is InChI=1S/C17H15NOS/c19-17(18-15-8-2-1-3-9-15)12-20-16-10-13-6-4-5-7-14(13)11-16/h1-10H,11-12H2,(H,18,19). The third-order valence-electron chi connectivity index (χ3n) is 3.18. The summed E-state index contributed by atoms with van der Waals surface area (Å²) >= 11 is 1.62. The minimum absolute atomic E-state index is 0.0399. The highest BCUT2D eigenvalue weighted by Gasteiger charge is 2.13. The number of carbonyl (C=O) groups is 1. The number of fused-ring (bicyclic) bond motifs is 1. The van der Waals surface area contributed by atoms with Crippen molar-refractivity contribution in [3.05, 3.63) is 70.6 Å². The molecule has 0 radical (unpaired) electrons. The van der Waals surface area contributed by atoms with Gasteiger partial charge < -0.3 is 5.32 Å². The summed E-state index contributed by atoms with van der Waals surface area (Å²) in [4.78, 5) is 13.1. The number of allylic oxidation sites excluding steroid dienone is 1. The van der Waals surface area contributed by atoms with Crippen LogP contribution in [0.5, 0.6) is 0 Å². The second kappa shape index (κ2) is 5.97. The first kappa shape index (κ1) is 13.0. The fraction of sp³-hybridized carbons (Fsp3) is 0.118. The maximum absolute atomic E-state index is 11.9. The molecule has 2 aromatic carbocycles. The van der Waals surface area contributed by atoms with E-state index in [2.05, 4.69) is 29.6 Å². The Morgan fingerprint density at radius 3 is 2.60 bits per heavy atom. The van der Waals surface area contributed by atoms with Crippen LogP contribution < -0.4 is 5.32 Å². The van der Waals surface area contributed by atoms with Gasteiger partial charge in [-0.3, -0.25) is 4.79 Å². The number of para-hydroxylation sites is 1. The number of rotatable bonds is 4. The highest BCUT2D eigenvalue weighted by molar-refractivity contribution is 8.03. The molecule has 2 nitrogen and oxygen atoms in total. The molecule has 0 fully saturated rings. The molecule has 1 amide bonds. The Morgan fingerprint density at radius 2 is 1.80 bits per heavy atom. The Balaban J connectivity index is 1.53. The number of hydrogen-bond acceptors (Lipinski definition) is 2. The van der Waals surface area contributed by atoms with Gasteiger partial charge in [0.25, 0.3) is 0 Å². The Labute approximate surface area is 122 Å². The lowest BCUT2D eigenvalue weighted by atomic mass is 10.1. The molecule has 1 aliphatic carbocycles. The van der Waals surface area contributed by atoms with Crippen LogP contribution in [0.3, 0.4) is 0 Å². The average molecular weight is 281 g/mol. The van der Waals surface area contributed by atoms with E-state index < -0.39 is 0 Å². The van der Waals surface area contributed by atoms with Crippen LogP contribution in [0.2, 0.25) is 0 Å². The molecule has 0 aromatic heterocycles. The molecule has 0 unspecified atom stereocenters. The Bertz CT molecular complexity index is 649. The predicted molar refractivity (Wildman–Crippen MR) is 85.7 cm³/mol. The highest BCUT2D eigenvalue weighted by atomic mass is 32.2. The van der Waals surface area contributed by atoms with Crippen molar-refractivity contribution < 1.29 is 4.79 Å². The first-order chi connectivity index (χ1) is 9.81. The largest absolute Gasteiger partial charge is 0.325 e. The second-order valence-electron chi connectivity index (χ2n) is 4.69. The molecule has 3 rings (SSSR count). The third kappa shape index (κ3) is 3.11. The summed E-state index contributed by atoms with van der Waals surface area (Å²) in [5, 5.41) is 2.90. The zero-order valence-corrected chi connectivity index (χ0v) is 11.8. The number of carbonyl (C=O) groups excluding carboxylic acids is 1. The lowest BCUT2D eigenvalue weighted by molar-refractivity contribution is -0.113. The van der Waals surface area contributed by atoms with Crippen LogP contribution in [-0.2, 0) is 11.2 Å². The molecule has 0 aliphatic heterocycles. The summed E-state index contributed by atoms with van der Waals surface area (Å²) in [6, 6.07) is 17.9. The van der Waals surface area contributed by atoms with Crippen LogP contribution in [0.1, 0.15) is 11.1 Å². The molecule has 0 bridgehead atoms. The van der Waals surface area contributed by atoms with E-state index in [1.807, 2.05) is 36.4 Å². The van der Waals surface area contributed by atoms with Crippen LogP contribution in [0.25, 0.3) is 6.08 Å². The molecule has 20 heavy (non-hydrogen) atoms. The summed E-state index contributed by atoms with van der Waals surface area (Å²) in [7, 11) is 0. The van der Waals surface area contributed by atoms with Crippen molar-refractivity contribution in [2.24, 2.45) is 0 Å². The first-order valence-electron chi connectivity index (χ1n) is 6.57. The molecule has 1 N–H and O–H groups in total. The van der Waals surface area contributed by atoms with Crippen molar-refractivity contribution in [2.75, 3.05) is 11.1 Å². The predicted octanol–water partition coefficient (Wildman–Crippen LogP) is 3.96. The van der Waals surface area contributed by atoms with E-state index in [-0.39, 0.29) is 5.91 Å². The minimum atomic E-state index is 0.0399. The zero-order chi connectivity index (χ0) is 13.8. The topological polar surface area (TPSA) is 29.1 Å². The van der Waals surface area contributed by atoms with Crippen molar-refractivity contribution in [1.82, 2.24) is 0 Å². The maximum Gasteiger partial charge on any atom is 0.234 e. The number of hydrogen-bond donors (Lipinski definition) is 1. The number of nitrogens with one attached hydrogen (secondary N) is 1. The number of amides is 1. The summed E-state index contributed by atoms with van der Waals surface area (Å²) < 4.78 is 0. The van der Waals surface area contributed by atoms with E-state index in [4.69, 9.17) is 0 Å². The normalized spacial score (nSPS) is 12.7. The third-order valence-corrected chi connectivity index (χ3v) is 4.22. The second-order valence-corrected chi connectivity index (χ2v) is 5.79. The number of anilines is 1. The minimum Gasteiger partial charge on any atom is -0.325 e. The van der Waals surface area contributed by atoms with E-state index in [9.17, 15) is 4.79 Å². The van der Waals surface area contributed by atoms with Crippen molar-refractivity contribution in [2.45, 2.75) is 6.42 Å². The summed E-state index contributed by atoms with van der Waals surface area (Å²) in [5.74, 6) is 0.493. The number of thioether (sulfide) groups is 1. The zero-order valence-electron chi connectivity index (χ0n) is 11.0. The van der Waals surface area contributed by atoms with Gasteiger partial charge >= 0.3 is 0 Å². The van der Waals surface area contributed by atoms with Gasteiger partial charge in [0.15, 0.2) is 0 Å². The van der Waals surface area contributed by atoms with Crippen LogP contribution >= 0.6 is 11.8 Å². The molecule has 1 aliphatic rings. The lowest BCUT2D eigenvalue weighted by Crippen LogP contribution is -2.13. The molecule has 3 heteroatoms. The van der Waals surface area contributed by atoms with Gasteiger partial charge in [-0.2, -0.15) is 0 Å². The van der Waals surface area contributed by atoms with Crippen LogP contribution in [0.4, 0.5) is 5.69 Å². The smallest absolute Gasteiger partial charge is 0.234 e. The van der Waals surface area contributed by atoms with E-state index in [1.165, 1.54) is 16.0 Å². The molecule has 0 saturated heterocycles. The van der Waals surface area contributed by atoms with Gasteiger partial charge in [0.2, 0.25) is 5.91 Å². The van der Waals surface area contributed by atoms with Gasteiger partial charge in [0, 0.05) is 12.1 Å². The van der Waals surface area contributed by atoms with Gasteiger partial charge in [0.1, 0.15) is 0 Å². The summed E-state index contributed by atoms with van der Waals surface area (Å²) in [6.45, 7) is 0. The van der Waals surface area contributed by atoms with E-state index >= 15 is 0 Å². The molecule has 0 spiro atoms. The summed E-state index contributed by atoms with van der Waals surface area (Å²) in [5.41, 5.74) is 3.47.